The number of aliphatic hydroxyl groups excluding tert-OH is 1. The highest BCUT2D eigenvalue weighted by molar-refractivity contribution is 5.79. The minimum absolute atomic E-state index is 0.109. The zero-order valence-corrected chi connectivity index (χ0v) is 16.0. The molecule has 0 spiro atoms. The summed E-state index contributed by atoms with van der Waals surface area (Å²) < 4.78 is 7.31. The quantitative estimate of drug-likeness (QED) is 0.553. The van der Waals surface area contributed by atoms with Gasteiger partial charge in [-0.05, 0) is 30.9 Å². The van der Waals surface area contributed by atoms with Crippen LogP contribution in [0.5, 0.6) is 5.75 Å². The third kappa shape index (κ3) is 3.91. The van der Waals surface area contributed by atoms with Crippen molar-refractivity contribution in [2.45, 2.75) is 19.4 Å². The lowest BCUT2D eigenvalue weighted by atomic mass is 10.1. The number of pyridine rings is 1. The number of anilines is 3. The van der Waals surface area contributed by atoms with E-state index in [4.69, 9.17) is 4.74 Å². The van der Waals surface area contributed by atoms with Crippen molar-refractivity contribution in [3.05, 3.63) is 42.4 Å². The van der Waals surface area contributed by atoms with Crippen molar-refractivity contribution in [3.8, 4) is 17.1 Å². The first-order valence-electron chi connectivity index (χ1n) is 9.31. The molecule has 0 saturated heterocycles. The molecular weight excluding hydrogens is 356 g/mol. The molecule has 2 aromatic heterocycles. The Morgan fingerprint density at radius 3 is 2.79 bits per heavy atom. The molecule has 4 rings (SSSR count). The maximum absolute atomic E-state index is 9.72. The molecule has 146 valence electrons. The molecular formula is C20H24N6O2. The van der Waals surface area contributed by atoms with E-state index in [-0.39, 0.29) is 6.61 Å². The summed E-state index contributed by atoms with van der Waals surface area (Å²) in [7, 11) is 3.45. The van der Waals surface area contributed by atoms with Gasteiger partial charge in [0, 0.05) is 37.1 Å². The average Bonchev–Trinajstić information content (AvgIpc) is 3.45. The summed E-state index contributed by atoms with van der Waals surface area (Å²) in [6.07, 6.45) is 5.89. The molecule has 8 heteroatoms. The van der Waals surface area contributed by atoms with Crippen LogP contribution in [-0.2, 0) is 13.7 Å². The van der Waals surface area contributed by atoms with Crippen molar-refractivity contribution in [3.63, 3.8) is 0 Å². The van der Waals surface area contributed by atoms with Crippen molar-refractivity contribution in [2.24, 2.45) is 13.0 Å². The van der Waals surface area contributed by atoms with Crippen LogP contribution in [0.25, 0.3) is 11.4 Å². The summed E-state index contributed by atoms with van der Waals surface area (Å²) in [6, 6.07) is 7.67. The number of hydrogen-bond acceptors (Lipinski definition) is 7. The number of methoxy groups -OCH3 is 1. The second-order valence-corrected chi connectivity index (χ2v) is 6.96. The molecule has 0 atom stereocenters. The van der Waals surface area contributed by atoms with Crippen LogP contribution in [0, 0.1) is 5.92 Å². The van der Waals surface area contributed by atoms with Gasteiger partial charge in [0.05, 0.1) is 25.0 Å². The Morgan fingerprint density at radius 2 is 2.11 bits per heavy atom. The molecule has 0 unspecified atom stereocenters. The van der Waals surface area contributed by atoms with Crippen LogP contribution in [0.3, 0.4) is 0 Å². The van der Waals surface area contributed by atoms with Crippen LogP contribution in [0.1, 0.15) is 18.4 Å². The molecule has 1 aromatic carbocycles. The number of rotatable bonds is 8. The van der Waals surface area contributed by atoms with E-state index in [0.29, 0.717) is 17.1 Å². The van der Waals surface area contributed by atoms with Crippen LogP contribution in [-0.4, -0.2) is 38.5 Å². The number of nitrogens with one attached hydrogen (secondary N) is 2. The summed E-state index contributed by atoms with van der Waals surface area (Å²) in [5.74, 6) is 2.76. The predicted octanol–water partition coefficient (Wildman–Crippen LogP) is 2.94. The van der Waals surface area contributed by atoms with Crippen LogP contribution in [0.15, 0.2) is 36.8 Å². The summed E-state index contributed by atoms with van der Waals surface area (Å²) in [6.45, 7) is 0.817. The second kappa shape index (κ2) is 7.85. The number of ether oxygens (including phenoxy) is 1. The lowest BCUT2D eigenvalue weighted by molar-refractivity contribution is 0.282. The van der Waals surface area contributed by atoms with Crippen LogP contribution < -0.4 is 15.4 Å². The van der Waals surface area contributed by atoms with Gasteiger partial charge >= 0.3 is 0 Å². The maximum atomic E-state index is 9.72. The van der Waals surface area contributed by atoms with E-state index in [9.17, 15) is 5.11 Å². The zero-order chi connectivity index (χ0) is 19.5. The highest BCUT2D eigenvalue weighted by Crippen LogP contribution is 2.37. The SMILES string of the molecule is COc1c(Nc2cc(NCC3CC3)ncc2CO)cccc1-c1ncn(C)n1. The number of hydrogen-bond donors (Lipinski definition) is 3. The molecule has 8 nitrogen and oxygen atoms in total. The fraction of sp³-hybridized carbons (Fsp3) is 0.350. The van der Waals surface area contributed by atoms with E-state index < -0.39 is 0 Å². The monoisotopic (exact) mass is 380 g/mol. The van der Waals surface area contributed by atoms with Crippen molar-refractivity contribution in [1.82, 2.24) is 19.7 Å². The summed E-state index contributed by atoms with van der Waals surface area (Å²) in [5, 5.41) is 20.8. The van der Waals surface area contributed by atoms with E-state index in [2.05, 4.69) is 25.7 Å². The highest BCUT2D eigenvalue weighted by atomic mass is 16.5. The molecule has 1 aliphatic carbocycles. The Labute approximate surface area is 163 Å². The first-order chi connectivity index (χ1) is 13.7. The van der Waals surface area contributed by atoms with Crippen molar-refractivity contribution in [1.29, 1.82) is 0 Å². The van der Waals surface area contributed by atoms with Crippen molar-refractivity contribution in [2.75, 3.05) is 24.3 Å². The van der Waals surface area contributed by atoms with Crippen molar-refractivity contribution >= 4 is 17.2 Å². The van der Waals surface area contributed by atoms with Gasteiger partial charge in [-0.1, -0.05) is 6.07 Å². The second-order valence-electron chi connectivity index (χ2n) is 6.96. The third-order valence-electron chi connectivity index (χ3n) is 4.75. The van der Waals surface area contributed by atoms with E-state index in [1.165, 1.54) is 12.8 Å². The molecule has 1 fully saturated rings. The van der Waals surface area contributed by atoms with E-state index in [1.807, 2.05) is 31.3 Å². The number of para-hydroxylation sites is 1. The standard InChI is InChI=1S/C20H24N6O2/c1-26-12-23-20(25-26)15-4-3-5-16(19(15)28-2)24-17-8-18(21-9-13-6-7-13)22-10-14(17)11-27/h3-5,8,10,12-13,27H,6-7,9,11H2,1-2H3,(H2,21,22,24). The van der Waals surface area contributed by atoms with Crippen molar-refractivity contribution < 1.29 is 9.84 Å². The zero-order valence-electron chi connectivity index (χ0n) is 16.0. The Bertz CT molecular complexity index is 967. The number of nitrogens with zero attached hydrogens (tertiary/aromatic N) is 4. The molecule has 3 N–H and O–H groups in total. The highest BCUT2D eigenvalue weighted by Gasteiger charge is 2.21. The lowest BCUT2D eigenvalue weighted by Gasteiger charge is -2.16. The molecule has 0 aliphatic heterocycles. The van der Waals surface area contributed by atoms with Gasteiger partial charge < -0.3 is 20.5 Å². The fourth-order valence-corrected chi connectivity index (χ4v) is 3.03. The number of aryl methyl sites for hydroxylation is 1. The summed E-state index contributed by atoms with van der Waals surface area (Å²) >= 11 is 0. The summed E-state index contributed by atoms with van der Waals surface area (Å²) in [5.41, 5.74) is 3.04. The molecule has 1 aliphatic rings. The molecule has 0 amide bonds. The average molecular weight is 380 g/mol. The molecule has 28 heavy (non-hydrogen) atoms. The lowest BCUT2D eigenvalue weighted by Crippen LogP contribution is -2.07. The van der Waals surface area contributed by atoms with Crippen LogP contribution in [0.4, 0.5) is 17.2 Å². The number of aromatic nitrogens is 4. The molecule has 2 heterocycles. The Balaban J connectivity index is 1.65. The summed E-state index contributed by atoms with van der Waals surface area (Å²) in [4.78, 5) is 8.72. The Morgan fingerprint density at radius 1 is 1.25 bits per heavy atom. The molecule has 0 radical (unpaired) electrons. The van der Waals surface area contributed by atoms with Gasteiger partial charge in [0.25, 0.3) is 0 Å². The van der Waals surface area contributed by atoms with Gasteiger partial charge in [0.15, 0.2) is 11.6 Å². The topological polar surface area (TPSA) is 97.1 Å². The van der Waals surface area contributed by atoms with Gasteiger partial charge in [-0.15, -0.1) is 0 Å². The molecule has 0 bridgehead atoms. The van der Waals surface area contributed by atoms with E-state index >= 15 is 0 Å². The maximum Gasteiger partial charge on any atom is 0.184 e. The fourth-order valence-electron chi connectivity index (χ4n) is 3.03. The van der Waals surface area contributed by atoms with E-state index in [1.54, 1.807) is 24.3 Å². The largest absolute Gasteiger partial charge is 0.494 e. The van der Waals surface area contributed by atoms with Crippen LogP contribution in [0.2, 0.25) is 0 Å². The first-order valence-corrected chi connectivity index (χ1v) is 9.31. The predicted molar refractivity (Wildman–Crippen MR) is 108 cm³/mol. The van der Waals surface area contributed by atoms with Gasteiger partial charge in [0.1, 0.15) is 12.1 Å². The number of benzene rings is 1. The smallest absolute Gasteiger partial charge is 0.184 e. The molecule has 3 aromatic rings. The third-order valence-corrected chi connectivity index (χ3v) is 4.75. The van der Waals surface area contributed by atoms with Gasteiger partial charge in [0.2, 0.25) is 0 Å². The van der Waals surface area contributed by atoms with E-state index in [0.717, 1.165) is 35.2 Å². The number of aliphatic hydroxyl groups is 1. The van der Waals surface area contributed by atoms with Gasteiger partial charge in [-0.2, -0.15) is 5.10 Å². The van der Waals surface area contributed by atoms with Gasteiger partial charge in [-0.25, -0.2) is 9.97 Å². The molecule has 1 saturated carbocycles. The first kappa shape index (κ1) is 18.2. The van der Waals surface area contributed by atoms with Gasteiger partial charge in [-0.3, -0.25) is 4.68 Å². The minimum atomic E-state index is -0.109. The minimum Gasteiger partial charge on any atom is -0.494 e. The van der Waals surface area contributed by atoms with Crippen LogP contribution >= 0.6 is 0 Å². The Kier molecular flexibility index (Phi) is 5.12. The Hall–Kier alpha value is -3.13. The normalized spacial score (nSPS) is 13.4.